The Kier molecular flexibility index (Phi) is 9.42. The predicted octanol–water partition coefficient (Wildman–Crippen LogP) is 2.61. The average molecular weight is 508 g/mol. The monoisotopic (exact) mass is 508 g/mol. The van der Waals surface area contributed by atoms with E-state index in [1.807, 2.05) is 20.8 Å². The Morgan fingerprint density at radius 2 is 2.14 bits per heavy atom. The van der Waals surface area contributed by atoms with Crippen molar-refractivity contribution >= 4 is 36.0 Å². The molecular weight excluding hydrogens is 478 g/mol. The van der Waals surface area contributed by atoms with Crippen LogP contribution in [0.15, 0.2) is 23.2 Å². The summed E-state index contributed by atoms with van der Waals surface area (Å²) < 4.78 is 18.8. The summed E-state index contributed by atoms with van der Waals surface area (Å²) >= 11 is 0. The topological polar surface area (TPSA) is 86.2 Å². The molecule has 9 heteroatoms. The number of rotatable bonds is 4. The molecule has 1 atom stereocenters. The third-order valence-electron chi connectivity index (χ3n) is 4.15. The van der Waals surface area contributed by atoms with Gasteiger partial charge in [0, 0.05) is 32.2 Å². The smallest absolute Gasteiger partial charge is 0.407 e. The highest BCUT2D eigenvalue weighted by Crippen LogP contribution is 2.13. The number of amides is 1. The zero-order chi connectivity index (χ0) is 20.0. The number of aliphatic imine (C=N–C) groups is 1. The van der Waals surface area contributed by atoms with Crippen LogP contribution in [0.3, 0.4) is 0 Å². The van der Waals surface area contributed by atoms with Gasteiger partial charge < -0.3 is 25.4 Å². The number of hydrogen-bond acceptors (Lipinski definition) is 4. The van der Waals surface area contributed by atoms with Crippen molar-refractivity contribution in [2.45, 2.75) is 52.0 Å². The Morgan fingerprint density at radius 3 is 2.75 bits per heavy atom. The molecule has 0 radical (unpaired) electrons. The number of halogens is 2. The Balaban J connectivity index is 0.00000392. The van der Waals surface area contributed by atoms with Crippen LogP contribution < -0.4 is 10.6 Å². The molecule has 1 heterocycles. The number of hydrogen-bond donors (Lipinski definition) is 3. The molecule has 0 aromatic heterocycles. The van der Waals surface area contributed by atoms with Crippen molar-refractivity contribution < 1.29 is 19.0 Å². The maximum Gasteiger partial charge on any atom is 0.407 e. The summed E-state index contributed by atoms with van der Waals surface area (Å²) in [6, 6.07) is 4.64. The normalized spacial score (nSPS) is 17.1. The number of nitrogens with zero attached hydrogens (tertiary/aromatic N) is 2. The molecule has 0 bridgehead atoms. The largest absolute Gasteiger partial charge is 0.444 e. The molecule has 0 aliphatic carbocycles. The van der Waals surface area contributed by atoms with Gasteiger partial charge in [-0.3, -0.25) is 4.99 Å². The summed E-state index contributed by atoms with van der Waals surface area (Å²) in [4.78, 5) is 18.2. The molecule has 1 fully saturated rings. The van der Waals surface area contributed by atoms with Gasteiger partial charge in [0.25, 0.3) is 0 Å². The third kappa shape index (κ3) is 7.42. The van der Waals surface area contributed by atoms with Crippen molar-refractivity contribution in [3.63, 3.8) is 0 Å². The molecule has 3 N–H and O–H groups in total. The Morgan fingerprint density at radius 1 is 1.43 bits per heavy atom. The van der Waals surface area contributed by atoms with E-state index in [1.165, 1.54) is 6.07 Å². The van der Waals surface area contributed by atoms with Gasteiger partial charge in [0.1, 0.15) is 11.4 Å². The summed E-state index contributed by atoms with van der Waals surface area (Å²) in [6.45, 7) is 7.00. The Hall–Kier alpha value is -1.62. The van der Waals surface area contributed by atoms with E-state index in [2.05, 4.69) is 20.5 Å². The molecule has 7 nitrogen and oxygen atoms in total. The van der Waals surface area contributed by atoms with Gasteiger partial charge in [0.2, 0.25) is 0 Å². The first-order valence-electron chi connectivity index (χ1n) is 9.05. The van der Waals surface area contributed by atoms with E-state index in [9.17, 15) is 14.3 Å². The maximum atomic E-state index is 13.5. The van der Waals surface area contributed by atoms with Gasteiger partial charge in [0.05, 0.1) is 12.6 Å². The highest BCUT2D eigenvalue weighted by Gasteiger charge is 2.27. The lowest BCUT2D eigenvalue weighted by Gasteiger charge is -2.23. The van der Waals surface area contributed by atoms with E-state index in [0.29, 0.717) is 19.0 Å². The number of guanidine groups is 1. The summed E-state index contributed by atoms with van der Waals surface area (Å²) in [5.41, 5.74) is 0.596. The molecule has 1 saturated heterocycles. The van der Waals surface area contributed by atoms with Gasteiger partial charge in [-0.15, -0.1) is 24.0 Å². The third-order valence-corrected chi connectivity index (χ3v) is 4.15. The fourth-order valence-electron chi connectivity index (χ4n) is 2.92. The van der Waals surface area contributed by atoms with Gasteiger partial charge in [-0.25, -0.2) is 9.18 Å². The Bertz CT molecular complexity index is 694. The second kappa shape index (κ2) is 10.8. The summed E-state index contributed by atoms with van der Waals surface area (Å²) in [6.07, 6.45) is 0.380. The predicted molar refractivity (Wildman–Crippen MR) is 117 cm³/mol. The van der Waals surface area contributed by atoms with Crippen LogP contribution in [0.1, 0.15) is 38.3 Å². The molecule has 1 aromatic rings. The van der Waals surface area contributed by atoms with Gasteiger partial charge in [-0.1, -0.05) is 6.07 Å². The van der Waals surface area contributed by atoms with Crippen LogP contribution >= 0.6 is 24.0 Å². The van der Waals surface area contributed by atoms with Crippen LogP contribution in [0, 0.1) is 5.82 Å². The van der Waals surface area contributed by atoms with Crippen LogP contribution in [0.2, 0.25) is 0 Å². The minimum atomic E-state index is -0.525. The van der Waals surface area contributed by atoms with Crippen molar-refractivity contribution in [1.82, 2.24) is 15.5 Å². The lowest BCUT2D eigenvalue weighted by Crippen LogP contribution is -2.44. The first-order chi connectivity index (χ1) is 12.7. The van der Waals surface area contributed by atoms with Crippen LogP contribution in [0.5, 0.6) is 0 Å². The summed E-state index contributed by atoms with van der Waals surface area (Å²) in [7, 11) is 1.70. The first-order valence-corrected chi connectivity index (χ1v) is 9.05. The summed E-state index contributed by atoms with van der Waals surface area (Å²) in [5.74, 6) is 0.291. The van der Waals surface area contributed by atoms with Gasteiger partial charge in [-0.2, -0.15) is 0 Å². The molecule has 158 valence electrons. The quantitative estimate of drug-likeness (QED) is 0.331. The molecule has 1 aliphatic rings. The second-order valence-corrected chi connectivity index (χ2v) is 7.56. The number of likely N-dealkylation sites (tertiary alicyclic amines) is 1. The van der Waals surface area contributed by atoms with E-state index in [4.69, 9.17) is 4.74 Å². The standard InChI is InChI=1S/C19H29FN4O3.HI/c1-19(2,3)27-18(26)23-15-7-8-24(11-15)17(21-4)22-10-13-5-6-16(20)14(9-13)12-25;/h5-6,9,15,25H,7-8,10-12H2,1-4H3,(H,21,22)(H,23,26);1H/t15-;/m1./s1. The number of carbonyl (C=O) groups is 1. The van der Waals surface area contributed by atoms with E-state index in [0.717, 1.165) is 18.5 Å². The fourth-order valence-corrected chi connectivity index (χ4v) is 2.92. The van der Waals surface area contributed by atoms with Gasteiger partial charge >= 0.3 is 6.09 Å². The second-order valence-electron chi connectivity index (χ2n) is 7.56. The molecule has 28 heavy (non-hydrogen) atoms. The number of alkyl carbamates (subject to hydrolysis) is 1. The Labute approximate surface area is 182 Å². The summed E-state index contributed by atoms with van der Waals surface area (Å²) in [5, 5.41) is 15.3. The van der Waals surface area contributed by atoms with Crippen molar-refractivity contribution in [1.29, 1.82) is 0 Å². The maximum absolute atomic E-state index is 13.5. The molecule has 0 unspecified atom stereocenters. The number of aliphatic hydroxyl groups is 1. The SMILES string of the molecule is CN=C(NCc1ccc(F)c(CO)c1)N1CC[C@@H](NC(=O)OC(C)(C)C)C1.I. The van der Waals surface area contributed by atoms with Crippen LogP contribution in [0.4, 0.5) is 9.18 Å². The lowest BCUT2D eigenvalue weighted by molar-refractivity contribution is 0.0507. The van der Waals surface area contributed by atoms with Crippen LogP contribution in [-0.2, 0) is 17.9 Å². The zero-order valence-corrected chi connectivity index (χ0v) is 19.1. The zero-order valence-electron chi connectivity index (χ0n) is 16.8. The molecule has 2 rings (SSSR count). The van der Waals surface area contributed by atoms with E-state index in [1.54, 1.807) is 19.2 Å². The number of aliphatic hydroxyl groups excluding tert-OH is 1. The van der Waals surface area contributed by atoms with Crippen molar-refractivity contribution in [2.75, 3.05) is 20.1 Å². The van der Waals surface area contributed by atoms with E-state index in [-0.39, 0.29) is 42.2 Å². The highest BCUT2D eigenvalue weighted by molar-refractivity contribution is 14.0. The van der Waals surface area contributed by atoms with Crippen LogP contribution in [-0.4, -0.2) is 53.8 Å². The molecule has 1 aromatic carbocycles. The van der Waals surface area contributed by atoms with Crippen molar-refractivity contribution in [2.24, 2.45) is 4.99 Å². The number of carbonyl (C=O) groups excluding carboxylic acids is 1. The van der Waals surface area contributed by atoms with Gasteiger partial charge in [0.15, 0.2) is 5.96 Å². The number of benzene rings is 1. The van der Waals surface area contributed by atoms with E-state index < -0.39 is 17.5 Å². The molecule has 0 saturated carbocycles. The van der Waals surface area contributed by atoms with Crippen molar-refractivity contribution in [3.05, 3.63) is 35.1 Å². The number of ether oxygens (including phenoxy) is 1. The molecule has 1 amide bonds. The minimum absolute atomic E-state index is 0. The van der Waals surface area contributed by atoms with Crippen LogP contribution in [0.25, 0.3) is 0 Å². The number of nitrogens with one attached hydrogen (secondary N) is 2. The highest BCUT2D eigenvalue weighted by atomic mass is 127. The lowest BCUT2D eigenvalue weighted by atomic mass is 10.1. The molecular formula is C19H30FIN4O3. The molecule has 1 aliphatic heterocycles. The molecule has 0 spiro atoms. The van der Waals surface area contributed by atoms with Crippen molar-refractivity contribution in [3.8, 4) is 0 Å². The fraction of sp³-hybridized carbons (Fsp3) is 0.579. The first kappa shape index (κ1) is 24.4. The minimum Gasteiger partial charge on any atom is -0.444 e. The van der Waals surface area contributed by atoms with Gasteiger partial charge in [-0.05, 0) is 44.9 Å². The average Bonchev–Trinajstić information content (AvgIpc) is 3.03. The van der Waals surface area contributed by atoms with E-state index >= 15 is 0 Å².